The predicted molar refractivity (Wildman–Crippen MR) is 98.0 cm³/mol. The number of carbonyl (C=O) groups excluding carboxylic acids is 1. The maximum atomic E-state index is 12.5. The molecule has 130 valence electrons. The molecule has 2 N–H and O–H groups in total. The summed E-state index contributed by atoms with van der Waals surface area (Å²) < 4.78 is 10.6. The third-order valence-corrected chi connectivity index (χ3v) is 4.16. The fraction of sp³-hybridized carbons (Fsp3) is 0.100. The number of benzene rings is 1. The van der Waals surface area contributed by atoms with Gasteiger partial charge in [-0.05, 0) is 36.4 Å². The van der Waals surface area contributed by atoms with Crippen LogP contribution in [0.5, 0.6) is 5.75 Å². The molecule has 0 radical (unpaired) electrons. The number of aromatic amines is 1. The number of H-pyrrole nitrogens is 1. The predicted octanol–water partition coefficient (Wildman–Crippen LogP) is 3.76. The van der Waals surface area contributed by atoms with Crippen molar-refractivity contribution in [2.75, 3.05) is 7.11 Å². The van der Waals surface area contributed by atoms with E-state index in [4.69, 9.17) is 9.15 Å². The Morgan fingerprint density at radius 3 is 2.96 bits per heavy atom. The third-order valence-electron chi connectivity index (χ3n) is 4.16. The van der Waals surface area contributed by atoms with Crippen LogP contribution in [0.15, 0.2) is 65.4 Å². The Morgan fingerprint density at radius 2 is 2.15 bits per heavy atom. The number of ether oxygens (including phenoxy) is 1. The SMILES string of the molecule is COc1ccc2cc(C(=O)NCc3cccnc3-c3ccco3)[nH]c2c1. The van der Waals surface area contributed by atoms with Crippen molar-refractivity contribution >= 4 is 16.8 Å². The normalized spacial score (nSPS) is 10.8. The lowest BCUT2D eigenvalue weighted by molar-refractivity contribution is 0.0947. The van der Waals surface area contributed by atoms with E-state index in [2.05, 4.69) is 15.3 Å². The Kier molecular flexibility index (Phi) is 4.15. The van der Waals surface area contributed by atoms with Gasteiger partial charge < -0.3 is 19.5 Å². The number of nitrogens with zero attached hydrogens (tertiary/aromatic N) is 1. The van der Waals surface area contributed by atoms with E-state index in [1.54, 1.807) is 19.6 Å². The third kappa shape index (κ3) is 3.04. The van der Waals surface area contributed by atoms with Crippen LogP contribution in [0.4, 0.5) is 0 Å². The number of hydrogen-bond acceptors (Lipinski definition) is 4. The first kappa shape index (κ1) is 16.0. The molecular formula is C20H17N3O3. The van der Waals surface area contributed by atoms with E-state index in [0.717, 1.165) is 27.9 Å². The van der Waals surface area contributed by atoms with Crippen LogP contribution in [0.1, 0.15) is 16.1 Å². The summed E-state index contributed by atoms with van der Waals surface area (Å²) in [7, 11) is 1.61. The summed E-state index contributed by atoms with van der Waals surface area (Å²) in [4.78, 5) is 20.0. The number of fused-ring (bicyclic) bond motifs is 1. The van der Waals surface area contributed by atoms with Gasteiger partial charge in [0.25, 0.3) is 5.91 Å². The Bertz CT molecular complexity index is 1050. The lowest BCUT2D eigenvalue weighted by Gasteiger charge is -2.07. The second kappa shape index (κ2) is 6.76. The van der Waals surface area contributed by atoms with E-state index in [1.165, 1.54) is 0 Å². The summed E-state index contributed by atoms with van der Waals surface area (Å²) in [6.45, 7) is 0.349. The van der Waals surface area contributed by atoms with Gasteiger partial charge in [-0.15, -0.1) is 0 Å². The summed E-state index contributed by atoms with van der Waals surface area (Å²) in [6, 6.07) is 14.9. The lowest BCUT2D eigenvalue weighted by Crippen LogP contribution is -2.23. The number of aromatic nitrogens is 2. The van der Waals surface area contributed by atoms with Crippen molar-refractivity contribution in [3.63, 3.8) is 0 Å². The fourth-order valence-electron chi connectivity index (χ4n) is 2.84. The fourth-order valence-corrected chi connectivity index (χ4v) is 2.84. The molecule has 0 aliphatic rings. The highest BCUT2D eigenvalue weighted by Crippen LogP contribution is 2.23. The van der Waals surface area contributed by atoms with Crippen molar-refractivity contribution in [3.05, 3.63) is 72.2 Å². The van der Waals surface area contributed by atoms with Gasteiger partial charge in [-0.2, -0.15) is 0 Å². The number of rotatable bonds is 5. The standard InChI is InChI=1S/C20H17N3O3/c1-25-15-7-6-13-10-17(23-16(13)11-15)20(24)22-12-14-4-2-8-21-19(14)18-5-3-9-26-18/h2-11,23H,12H2,1H3,(H,22,24). The van der Waals surface area contributed by atoms with Crippen LogP contribution in [0.25, 0.3) is 22.4 Å². The van der Waals surface area contributed by atoms with Crippen LogP contribution in [0, 0.1) is 0 Å². The van der Waals surface area contributed by atoms with E-state index >= 15 is 0 Å². The quantitative estimate of drug-likeness (QED) is 0.576. The molecule has 6 heteroatoms. The first-order valence-electron chi connectivity index (χ1n) is 8.17. The van der Waals surface area contributed by atoms with Crippen LogP contribution < -0.4 is 10.1 Å². The highest BCUT2D eigenvalue weighted by Gasteiger charge is 2.13. The van der Waals surface area contributed by atoms with Gasteiger partial charge in [0.15, 0.2) is 5.76 Å². The number of nitrogens with one attached hydrogen (secondary N) is 2. The average Bonchev–Trinajstić information content (AvgIpc) is 3.35. The Hall–Kier alpha value is -3.54. The van der Waals surface area contributed by atoms with Crippen LogP contribution in [0.3, 0.4) is 0 Å². The zero-order valence-electron chi connectivity index (χ0n) is 14.2. The number of hydrogen-bond donors (Lipinski definition) is 2. The van der Waals surface area contributed by atoms with Gasteiger partial charge in [0.1, 0.15) is 17.1 Å². The van der Waals surface area contributed by atoms with Crippen molar-refractivity contribution in [2.24, 2.45) is 0 Å². The highest BCUT2D eigenvalue weighted by molar-refractivity contribution is 5.98. The minimum atomic E-state index is -0.186. The zero-order chi connectivity index (χ0) is 17.9. The second-order valence-corrected chi connectivity index (χ2v) is 5.81. The molecule has 0 saturated heterocycles. The molecule has 0 bridgehead atoms. The van der Waals surface area contributed by atoms with Crippen molar-refractivity contribution < 1.29 is 13.9 Å². The maximum absolute atomic E-state index is 12.5. The minimum Gasteiger partial charge on any atom is -0.497 e. The van der Waals surface area contributed by atoms with Gasteiger partial charge in [0.05, 0.1) is 13.4 Å². The van der Waals surface area contributed by atoms with Crippen LogP contribution >= 0.6 is 0 Å². The van der Waals surface area contributed by atoms with Crippen LogP contribution in [-0.4, -0.2) is 23.0 Å². The number of carbonyl (C=O) groups is 1. The topological polar surface area (TPSA) is 80.2 Å². The van der Waals surface area contributed by atoms with Crippen molar-refractivity contribution in [3.8, 4) is 17.2 Å². The van der Waals surface area contributed by atoms with E-state index in [0.29, 0.717) is 18.0 Å². The van der Waals surface area contributed by atoms with Crippen molar-refractivity contribution in [1.29, 1.82) is 0 Å². The minimum absolute atomic E-state index is 0.186. The molecule has 0 unspecified atom stereocenters. The molecule has 26 heavy (non-hydrogen) atoms. The zero-order valence-corrected chi connectivity index (χ0v) is 14.2. The van der Waals surface area contributed by atoms with E-state index in [-0.39, 0.29) is 5.91 Å². The van der Waals surface area contributed by atoms with Crippen LogP contribution in [-0.2, 0) is 6.54 Å². The maximum Gasteiger partial charge on any atom is 0.267 e. The highest BCUT2D eigenvalue weighted by atomic mass is 16.5. The van der Waals surface area contributed by atoms with Gasteiger partial charge in [0, 0.05) is 35.3 Å². The number of amides is 1. The Balaban J connectivity index is 1.53. The van der Waals surface area contributed by atoms with Gasteiger partial charge in [-0.25, -0.2) is 0 Å². The average molecular weight is 347 g/mol. The summed E-state index contributed by atoms with van der Waals surface area (Å²) in [5, 5.41) is 3.88. The van der Waals surface area contributed by atoms with Gasteiger partial charge in [-0.1, -0.05) is 6.07 Å². The Morgan fingerprint density at radius 1 is 1.23 bits per heavy atom. The monoisotopic (exact) mass is 347 g/mol. The van der Waals surface area contributed by atoms with E-state index in [1.807, 2.05) is 48.5 Å². The molecule has 4 rings (SSSR count). The van der Waals surface area contributed by atoms with E-state index in [9.17, 15) is 4.79 Å². The molecule has 0 saturated carbocycles. The van der Waals surface area contributed by atoms with Crippen molar-refractivity contribution in [2.45, 2.75) is 6.54 Å². The molecule has 3 aromatic heterocycles. The van der Waals surface area contributed by atoms with Gasteiger partial charge in [0.2, 0.25) is 0 Å². The summed E-state index contributed by atoms with van der Waals surface area (Å²) in [5.74, 6) is 1.23. The molecule has 0 atom stereocenters. The molecule has 3 heterocycles. The first-order chi connectivity index (χ1) is 12.7. The number of furan rings is 1. The lowest BCUT2D eigenvalue weighted by atomic mass is 10.1. The second-order valence-electron chi connectivity index (χ2n) is 5.81. The number of methoxy groups -OCH3 is 1. The number of pyridine rings is 1. The molecular weight excluding hydrogens is 330 g/mol. The molecule has 0 spiro atoms. The molecule has 6 nitrogen and oxygen atoms in total. The summed E-state index contributed by atoms with van der Waals surface area (Å²) in [6.07, 6.45) is 3.30. The molecule has 4 aromatic rings. The summed E-state index contributed by atoms with van der Waals surface area (Å²) in [5.41, 5.74) is 2.96. The van der Waals surface area contributed by atoms with Gasteiger partial charge >= 0.3 is 0 Å². The molecule has 1 aromatic carbocycles. The largest absolute Gasteiger partial charge is 0.497 e. The van der Waals surface area contributed by atoms with E-state index < -0.39 is 0 Å². The van der Waals surface area contributed by atoms with Crippen molar-refractivity contribution in [1.82, 2.24) is 15.3 Å². The first-order valence-corrected chi connectivity index (χ1v) is 8.17. The summed E-state index contributed by atoms with van der Waals surface area (Å²) >= 11 is 0. The molecule has 0 aliphatic carbocycles. The Labute approximate surface area is 149 Å². The van der Waals surface area contributed by atoms with Gasteiger partial charge in [-0.3, -0.25) is 9.78 Å². The molecule has 0 fully saturated rings. The van der Waals surface area contributed by atoms with Crippen LogP contribution in [0.2, 0.25) is 0 Å². The smallest absolute Gasteiger partial charge is 0.267 e. The molecule has 0 aliphatic heterocycles. The molecule has 1 amide bonds.